The van der Waals surface area contributed by atoms with Crippen molar-refractivity contribution in [3.63, 3.8) is 0 Å². The number of hydrogen-bond acceptors (Lipinski definition) is 6. The zero-order chi connectivity index (χ0) is 14.8. The summed E-state index contributed by atoms with van der Waals surface area (Å²) in [5, 5.41) is 10.9. The van der Waals surface area contributed by atoms with E-state index in [1.807, 2.05) is 0 Å². The Morgan fingerprint density at radius 1 is 1.40 bits per heavy atom. The van der Waals surface area contributed by atoms with Crippen molar-refractivity contribution in [3.8, 4) is 0 Å². The number of benzene rings is 1. The molecule has 0 bridgehead atoms. The zero-order valence-electron chi connectivity index (χ0n) is 10.7. The molecule has 1 aliphatic rings. The van der Waals surface area contributed by atoms with Crippen LogP contribution in [0.3, 0.4) is 0 Å². The van der Waals surface area contributed by atoms with Crippen LogP contribution in [0.2, 0.25) is 0 Å². The van der Waals surface area contributed by atoms with Crippen molar-refractivity contribution in [2.24, 2.45) is 11.8 Å². The van der Waals surface area contributed by atoms with Gasteiger partial charge in [0.25, 0.3) is 5.69 Å². The summed E-state index contributed by atoms with van der Waals surface area (Å²) in [6, 6.07) is 3.62. The van der Waals surface area contributed by atoms with Gasteiger partial charge in [-0.3, -0.25) is 16.0 Å². The number of sulfonamides is 1. The normalized spacial score (nSPS) is 15.7. The maximum Gasteiger partial charge on any atom is 0.289 e. The van der Waals surface area contributed by atoms with Crippen LogP contribution in [0.5, 0.6) is 0 Å². The Balaban J connectivity index is 2.29. The van der Waals surface area contributed by atoms with Crippen molar-refractivity contribution < 1.29 is 13.3 Å². The molecule has 1 aliphatic carbocycles. The van der Waals surface area contributed by atoms with Crippen LogP contribution >= 0.6 is 0 Å². The van der Waals surface area contributed by atoms with Crippen LogP contribution in [0.4, 0.5) is 11.4 Å². The number of hydrogen-bond donors (Lipinski definition) is 3. The average molecular weight is 300 g/mol. The third-order valence-electron chi connectivity index (χ3n) is 3.40. The number of hydrazine groups is 1. The minimum Gasteiger partial charge on any atom is -0.324 e. The Kier molecular flexibility index (Phi) is 4.21. The molecule has 9 heteroatoms. The second-order valence-corrected chi connectivity index (χ2v) is 6.47. The molecular weight excluding hydrogens is 284 g/mol. The molecule has 8 nitrogen and oxygen atoms in total. The van der Waals surface area contributed by atoms with Gasteiger partial charge in [0.2, 0.25) is 10.0 Å². The third-order valence-corrected chi connectivity index (χ3v) is 4.85. The lowest BCUT2D eigenvalue weighted by atomic mass is 9.86. The summed E-state index contributed by atoms with van der Waals surface area (Å²) in [5.74, 6) is 5.53. The first-order valence-corrected chi connectivity index (χ1v) is 7.67. The van der Waals surface area contributed by atoms with Gasteiger partial charge in [-0.15, -0.1) is 0 Å². The molecule has 0 unspecified atom stereocenters. The molecule has 0 amide bonds. The number of nitrogens with zero attached hydrogens (tertiary/aromatic N) is 1. The van der Waals surface area contributed by atoms with Crippen LogP contribution in [0.25, 0.3) is 0 Å². The lowest BCUT2D eigenvalue weighted by Crippen LogP contribution is -2.32. The SMILES string of the molecule is NNc1ccc([N+](=O)[O-])c(S(=O)(=O)NCC2CCC2)c1. The maximum absolute atomic E-state index is 12.2. The number of anilines is 1. The van der Waals surface area contributed by atoms with Crippen LogP contribution < -0.4 is 16.0 Å². The van der Waals surface area contributed by atoms with Gasteiger partial charge in [0.05, 0.1) is 10.6 Å². The van der Waals surface area contributed by atoms with E-state index in [1.165, 1.54) is 6.07 Å². The van der Waals surface area contributed by atoms with Gasteiger partial charge in [0.1, 0.15) is 0 Å². The van der Waals surface area contributed by atoms with Crippen LogP contribution in [-0.2, 0) is 10.0 Å². The van der Waals surface area contributed by atoms with E-state index in [9.17, 15) is 18.5 Å². The number of rotatable bonds is 6. The summed E-state index contributed by atoms with van der Waals surface area (Å²) >= 11 is 0. The fourth-order valence-corrected chi connectivity index (χ4v) is 3.28. The molecule has 1 saturated carbocycles. The summed E-state index contributed by atoms with van der Waals surface area (Å²) < 4.78 is 26.8. The molecule has 1 fully saturated rings. The van der Waals surface area contributed by atoms with Crippen molar-refractivity contribution in [3.05, 3.63) is 28.3 Å². The largest absolute Gasteiger partial charge is 0.324 e. The molecule has 110 valence electrons. The highest BCUT2D eigenvalue weighted by atomic mass is 32.2. The average Bonchev–Trinajstić information content (AvgIpc) is 2.35. The molecule has 0 aromatic heterocycles. The van der Waals surface area contributed by atoms with Gasteiger partial charge in [-0.1, -0.05) is 6.42 Å². The summed E-state index contributed by atoms with van der Waals surface area (Å²) in [7, 11) is -3.93. The Morgan fingerprint density at radius 2 is 2.10 bits per heavy atom. The van der Waals surface area contributed by atoms with Gasteiger partial charge in [0.15, 0.2) is 4.90 Å². The van der Waals surface area contributed by atoms with Crippen LogP contribution in [-0.4, -0.2) is 19.9 Å². The summed E-state index contributed by atoms with van der Waals surface area (Å²) in [6.07, 6.45) is 3.06. The summed E-state index contributed by atoms with van der Waals surface area (Å²) in [5.41, 5.74) is 2.10. The molecule has 0 radical (unpaired) electrons. The third kappa shape index (κ3) is 3.06. The summed E-state index contributed by atoms with van der Waals surface area (Å²) in [4.78, 5) is 9.83. The highest BCUT2D eigenvalue weighted by Crippen LogP contribution is 2.28. The Labute approximate surface area is 116 Å². The first-order chi connectivity index (χ1) is 9.44. The second kappa shape index (κ2) is 5.73. The van der Waals surface area contributed by atoms with E-state index in [-0.39, 0.29) is 4.90 Å². The lowest BCUT2D eigenvalue weighted by Gasteiger charge is -2.25. The molecule has 0 heterocycles. The highest BCUT2D eigenvalue weighted by molar-refractivity contribution is 7.89. The number of nitro groups is 1. The molecule has 2 rings (SSSR count). The van der Waals surface area contributed by atoms with Gasteiger partial charge in [0, 0.05) is 12.6 Å². The zero-order valence-corrected chi connectivity index (χ0v) is 11.5. The fraction of sp³-hybridized carbons (Fsp3) is 0.455. The molecule has 1 aromatic carbocycles. The molecule has 0 aliphatic heterocycles. The topological polar surface area (TPSA) is 127 Å². The van der Waals surface area contributed by atoms with E-state index in [0.717, 1.165) is 31.4 Å². The van der Waals surface area contributed by atoms with Gasteiger partial charge in [-0.2, -0.15) is 0 Å². The highest BCUT2D eigenvalue weighted by Gasteiger charge is 2.28. The van der Waals surface area contributed by atoms with E-state index in [1.54, 1.807) is 0 Å². The van der Waals surface area contributed by atoms with E-state index in [4.69, 9.17) is 5.84 Å². The number of nitrogens with one attached hydrogen (secondary N) is 2. The monoisotopic (exact) mass is 300 g/mol. The Bertz CT molecular complexity index is 613. The van der Waals surface area contributed by atoms with Gasteiger partial charge < -0.3 is 5.43 Å². The standard InChI is InChI=1S/C11H16N4O4S/c12-14-9-4-5-10(15(16)17)11(6-9)20(18,19)13-7-8-2-1-3-8/h4-6,8,13-14H,1-3,7,12H2. The Morgan fingerprint density at radius 3 is 2.60 bits per heavy atom. The number of nitrogen functional groups attached to an aromatic ring is 1. The van der Waals surface area contributed by atoms with Gasteiger partial charge >= 0.3 is 0 Å². The van der Waals surface area contributed by atoms with Gasteiger partial charge in [-0.25, -0.2) is 13.1 Å². The van der Waals surface area contributed by atoms with Crippen LogP contribution in [0.15, 0.2) is 23.1 Å². The minimum atomic E-state index is -3.93. The van der Waals surface area contributed by atoms with Crippen molar-refractivity contribution in [1.82, 2.24) is 4.72 Å². The van der Waals surface area contributed by atoms with Crippen molar-refractivity contribution in [2.75, 3.05) is 12.0 Å². The molecule has 0 atom stereocenters. The maximum atomic E-state index is 12.2. The van der Waals surface area contributed by atoms with Crippen molar-refractivity contribution in [2.45, 2.75) is 24.2 Å². The Hall–Kier alpha value is -1.71. The predicted octanol–water partition coefficient (Wildman–Crippen LogP) is 0.959. The molecule has 1 aromatic rings. The number of nitro benzene ring substituents is 1. The summed E-state index contributed by atoms with van der Waals surface area (Å²) in [6.45, 7) is 0.305. The minimum absolute atomic E-state index is 0.291. The van der Waals surface area contributed by atoms with E-state index < -0.39 is 20.6 Å². The molecule has 20 heavy (non-hydrogen) atoms. The fourth-order valence-electron chi connectivity index (χ4n) is 1.97. The smallest absolute Gasteiger partial charge is 0.289 e. The van der Waals surface area contributed by atoms with Gasteiger partial charge in [-0.05, 0) is 30.9 Å². The lowest BCUT2D eigenvalue weighted by molar-refractivity contribution is -0.387. The van der Waals surface area contributed by atoms with E-state index in [0.29, 0.717) is 18.2 Å². The van der Waals surface area contributed by atoms with E-state index >= 15 is 0 Å². The molecular formula is C11H16N4O4S. The first-order valence-electron chi connectivity index (χ1n) is 6.19. The second-order valence-electron chi connectivity index (χ2n) is 4.73. The van der Waals surface area contributed by atoms with Crippen molar-refractivity contribution >= 4 is 21.4 Å². The molecule has 0 saturated heterocycles. The van der Waals surface area contributed by atoms with Crippen LogP contribution in [0, 0.1) is 16.0 Å². The number of nitrogens with two attached hydrogens (primary N) is 1. The van der Waals surface area contributed by atoms with Crippen molar-refractivity contribution in [1.29, 1.82) is 0 Å². The van der Waals surface area contributed by atoms with Crippen LogP contribution in [0.1, 0.15) is 19.3 Å². The first kappa shape index (κ1) is 14.7. The molecule has 0 spiro atoms. The molecule has 4 N–H and O–H groups in total. The quantitative estimate of drug-likeness (QED) is 0.408. The predicted molar refractivity (Wildman–Crippen MR) is 73.4 cm³/mol. The van der Waals surface area contributed by atoms with E-state index in [2.05, 4.69) is 10.1 Å².